The molecule has 0 rings (SSSR count). The Morgan fingerprint density at radius 2 is 0.944 bits per heavy atom. The quantitative estimate of drug-likeness (QED) is 0.592. The lowest BCUT2D eigenvalue weighted by atomic mass is 10.2. The van der Waals surface area contributed by atoms with E-state index < -0.39 is 0 Å². The van der Waals surface area contributed by atoms with Crippen LogP contribution in [0.2, 0.25) is 0 Å². The third kappa shape index (κ3) is 18.3. The predicted molar refractivity (Wildman–Crippen MR) is 83.2 cm³/mol. The van der Waals surface area contributed by atoms with E-state index in [4.69, 9.17) is 5.11 Å². The van der Waals surface area contributed by atoms with Gasteiger partial charge in [-0.2, -0.15) is 0 Å². The molecule has 0 aliphatic rings. The minimum absolute atomic E-state index is 0.344. The van der Waals surface area contributed by atoms with E-state index >= 15 is 0 Å². The highest BCUT2D eigenvalue weighted by Gasteiger charge is 2.01. The first-order valence-corrected chi connectivity index (χ1v) is 8.09. The Balaban J connectivity index is 0. The lowest BCUT2D eigenvalue weighted by molar-refractivity contribution is 0.261. The Morgan fingerprint density at radius 3 is 1.11 bits per heavy atom. The molecule has 0 aromatic carbocycles. The first kappa shape index (κ1) is 20.2. The predicted octanol–water partition coefficient (Wildman–Crippen LogP) is 4.47. The van der Waals surface area contributed by atoms with Crippen molar-refractivity contribution in [2.24, 2.45) is 0 Å². The molecule has 0 fully saturated rings. The van der Waals surface area contributed by atoms with Crippen molar-refractivity contribution in [2.45, 2.75) is 79.1 Å². The summed E-state index contributed by atoms with van der Waals surface area (Å²) in [5, 5.41) is 8.07. The van der Waals surface area contributed by atoms with Crippen LogP contribution in [0.25, 0.3) is 0 Å². The van der Waals surface area contributed by atoms with Gasteiger partial charge in [0.25, 0.3) is 0 Å². The first-order chi connectivity index (χ1) is 8.76. The van der Waals surface area contributed by atoms with Crippen molar-refractivity contribution in [2.75, 3.05) is 26.2 Å². The van der Waals surface area contributed by atoms with Crippen molar-refractivity contribution in [1.82, 2.24) is 4.90 Å². The van der Waals surface area contributed by atoms with Crippen LogP contribution < -0.4 is 0 Å². The van der Waals surface area contributed by atoms with Crippen LogP contribution in [0.1, 0.15) is 79.1 Å². The van der Waals surface area contributed by atoms with Gasteiger partial charge < -0.3 is 10.0 Å². The molecule has 0 saturated heterocycles. The van der Waals surface area contributed by atoms with E-state index in [-0.39, 0.29) is 0 Å². The van der Waals surface area contributed by atoms with Crippen molar-refractivity contribution in [1.29, 1.82) is 0 Å². The van der Waals surface area contributed by atoms with Gasteiger partial charge >= 0.3 is 0 Å². The second kappa shape index (κ2) is 19.3. The van der Waals surface area contributed by atoms with Gasteiger partial charge in [-0.1, -0.05) is 53.4 Å². The van der Waals surface area contributed by atoms with Gasteiger partial charge in [0.05, 0.1) is 0 Å². The van der Waals surface area contributed by atoms with Crippen LogP contribution in [0.5, 0.6) is 0 Å². The number of aliphatic hydroxyl groups is 1. The van der Waals surface area contributed by atoms with Gasteiger partial charge in [0, 0.05) is 6.61 Å². The van der Waals surface area contributed by atoms with Crippen molar-refractivity contribution >= 4 is 0 Å². The average Bonchev–Trinajstić information content (AvgIpc) is 2.39. The summed E-state index contributed by atoms with van der Waals surface area (Å²) in [6, 6.07) is 0. The molecule has 0 radical (unpaired) electrons. The molecule has 0 unspecified atom stereocenters. The van der Waals surface area contributed by atoms with Crippen LogP contribution in [0.4, 0.5) is 0 Å². The molecule has 112 valence electrons. The highest BCUT2D eigenvalue weighted by molar-refractivity contribution is 4.57. The lowest BCUT2D eigenvalue weighted by Gasteiger charge is -2.21. The zero-order valence-corrected chi connectivity index (χ0v) is 13.4. The van der Waals surface area contributed by atoms with Gasteiger partial charge in [-0.15, -0.1) is 0 Å². The molecule has 0 spiro atoms. The maximum atomic E-state index is 8.07. The lowest BCUT2D eigenvalue weighted by Crippen LogP contribution is -2.27. The van der Waals surface area contributed by atoms with E-state index in [1.54, 1.807) is 0 Å². The molecule has 0 amide bonds. The summed E-state index contributed by atoms with van der Waals surface area (Å²) in [6.45, 7) is 13.2. The largest absolute Gasteiger partial charge is 0.396 e. The van der Waals surface area contributed by atoms with Gasteiger partial charge in [-0.25, -0.2) is 0 Å². The van der Waals surface area contributed by atoms with E-state index in [0.29, 0.717) is 6.61 Å². The van der Waals surface area contributed by atoms with Gasteiger partial charge in [0.15, 0.2) is 0 Å². The number of hydrogen-bond donors (Lipinski definition) is 1. The average molecular weight is 259 g/mol. The van der Waals surface area contributed by atoms with Gasteiger partial charge in [0.2, 0.25) is 0 Å². The monoisotopic (exact) mass is 259 g/mol. The van der Waals surface area contributed by atoms with Gasteiger partial charge in [-0.3, -0.25) is 0 Å². The number of unbranched alkanes of at least 4 members (excludes halogenated alkanes) is 4. The molecule has 2 nitrogen and oxygen atoms in total. The SMILES string of the molecule is CCCCN(CCCC)CCCC.CCCCO. The fourth-order valence-electron chi connectivity index (χ4n) is 1.64. The molecule has 0 atom stereocenters. The standard InChI is InChI=1S/C12H27N.C4H10O/c1-4-7-10-13(11-8-5-2)12-9-6-3;1-2-3-4-5/h4-12H2,1-3H3;5H,2-4H2,1H3. The van der Waals surface area contributed by atoms with Crippen molar-refractivity contribution < 1.29 is 5.11 Å². The zero-order chi connectivity index (χ0) is 14.1. The number of aliphatic hydroxyl groups excluding tert-OH is 1. The molecule has 0 aromatic heterocycles. The number of nitrogens with zero attached hydrogens (tertiary/aromatic N) is 1. The summed E-state index contributed by atoms with van der Waals surface area (Å²) in [4.78, 5) is 2.64. The van der Waals surface area contributed by atoms with Crippen LogP contribution in [0.15, 0.2) is 0 Å². The second-order valence-electron chi connectivity index (χ2n) is 4.98. The number of rotatable bonds is 11. The maximum Gasteiger partial charge on any atom is 0.0430 e. The van der Waals surface area contributed by atoms with Crippen LogP contribution >= 0.6 is 0 Å². The highest BCUT2D eigenvalue weighted by atomic mass is 16.2. The highest BCUT2D eigenvalue weighted by Crippen LogP contribution is 2.01. The molecule has 0 aliphatic heterocycles. The Hall–Kier alpha value is -0.0800. The van der Waals surface area contributed by atoms with E-state index in [1.165, 1.54) is 58.2 Å². The Labute approximate surface area is 116 Å². The molecular formula is C16H37NO. The summed E-state index contributed by atoms with van der Waals surface area (Å²) in [6.07, 6.45) is 10.1. The molecule has 0 saturated carbocycles. The van der Waals surface area contributed by atoms with E-state index in [0.717, 1.165) is 12.8 Å². The second-order valence-corrected chi connectivity index (χ2v) is 4.98. The van der Waals surface area contributed by atoms with Crippen LogP contribution in [0, 0.1) is 0 Å². The molecule has 0 heterocycles. The van der Waals surface area contributed by atoms with E-state index in [1.807, 2.05) is 0 Å². The van der Waals surface area contributed by atoms with Gasteiger partial charge in [-0.05, 0) is 45.3 Å². The molecule has 0 aliphatic carbocycles. The molecule has 2 heteroatoms. The Bertz CT molecular complexity index is 107. The number of hydrogen-bond acceptors (Lipinski definition) is 2. The zero-order valence-electron chi connectivity index (χ0n) is 13.4. The topological polar surface area (TPSA) is 23.5 Å². The Kier molecular flexibility index (Phi) is 21.7. The molecule has 0 bridgehead atoms. The normalized spacial score (nSPS) is 10.3. The van der Waals surface area contributed by atoms with Crippen molar-refractivity contribution in [3.05, 3.63) is 0 Å². The van der Waals surface area contributed by atoms with Crippen LogP contribution in [-0.2, 0) is 0 Å². The summed E-state index contributed by atoms with van der Waals surface area (Å²) < 4.78 is 0. The maximum absolute atomic E-state index is 8.07. The molecule has 18 heavy (non-hydrogen) atoms. The van der Waals surface area contributed by atoms with Crippen molar-refractivity contribution in [3.63, 3.8) is 0 Å². The van der Waals surface area contributed by atoms with E-state index in [2.05, 4.69) is 32.6 Å². The fraction of sp³-hybridized carbons (Fsp3) is 1.00. The summed E-state index contributed by atoms with van der Waals surface area (Å²) in [5.74, 6) is 0. The van der Waals surface area contributed by atoms with Crippen LogP contribution in [0.3, 0.4) is 0 Å². The van der Waals surface area contributed by atoms with Crippen molar-refractivity contribution in [3.8, 4) is 0 Å². The molecule has 1 N–H and O–H groups in total. The Morgan fingerprint density at radius 1 is 0.611 bits per heavy atom. The molecule has 0 aromatic rings. The minimum Gasteiger partial charge on any atom is -0.396 e. The smallest absolute Gasteiger partial charge is 0.0430 e. The summed E-state index contributed by atoms with van der Waals surface area (Å²) in [5.41, 5.74) is 0. The molecular weight excluding hydrogens is 222 g/mol. The minimum atomic E-state index is 0.344. The third-order valence-corrected chi connectivity index (χ3v) is 3.00. The summed E-state index contributed by atoms with van der Waals surface area (Å²) >= 11 is 0. The third-order valence-electron chi connectivity index (χ3n) is 3.00. The summed E-state index contributed by atoms with van der Waals surface area (Å²) in [7, 11) is 0. The fourth-order valence-corrected chi connectivity index (χ4v) is 1.64. The van der Waals surface area contributed by atoms with Crippen LogP contribution in [-0.4, -0.2) is 36.2 Å². The van der Waals surface area contributed by atoms with Gasteiger partial charge in [0.1, 0.15) is 0 Å². The first-order valence-electron chi connectivity index (χ1n) is 8.09. The van der Waals surface area contributed by atoms with E-state index in [9.17, 15) is 0 Å².